The minimum absolute atomic E-state index is 0.0761. The molecule has 0 radical (unpaired) electrons. The molecule has 1 aliphatic rings. The highest BCUT2D eigenvalue weighted by Crippen LogP contribution is 2.33. The minimum Gasteiger partial charge on any atom is -0.463 e. The van der Waals surface area contributed by atoms with Gasteiger partial charge in [-0.1, -0.05) is 73.1 Å². The van der Waals surface area contributed by atoms with Crippen molar-refractivity contribution in [1.82, 2.24) is 0 Å². The summed E-state index contributed by atoms with van der Waals surface area (Å²) in [5.41, 5.74) is 1.30. The van der Waals surface area contributed by atoms with Crippen LogP contribution in [-0.2, 0) is 28.5 Å². The fourth-order valence-electron chi connectivity index (χ4n) is 7.35. The standard InChI is InChI=1S/C42H74O15/c1-12-21(2)13-22(3)14-27(8)40(57-42-39(52)38(51)37(50)33(56-42)20-54-30(11)44)28(9)16-25(6)34(47)23(4)15-24(5)35(48)26(7)17-29(10)41(53)55-19-32(46)36(49)31(45)18-43/h15-17,21-23,26-28,31-40,42-43,45-52H,12-14,18-20H2,1-11H3/b24-15+,25-16+,29-17+/t21-,22-,23-,26-,27-,28-,31+,32+,33+,34+,35-,36+,37+,38-,39-,40-,42-/m0/s1. The summed E-state index contributed by atoms with van der Waals surface area (Å²) >= 11 is 0. The predicted octanol–water partition coefficient (Wildman–Crippen LogP) is 1.93. The number of ether oxygens (including phenoxy) is 4. The van der Waals surface area contributed by atoms with Gasteiger partial charge in [0, 0.05) is 30.3 Å². The zero-order chi connectivity index (χ0) is 43.9. The van der Waals surface area contributed by atoms with Crippen LogP contribution in [0.4, 0.5) is 0 Å². The number of carbonyl (C=O) groups is 2. The topological polar surface area (TPSA) is 253 Å². The minimum atomic E-state index is -1.71. The molecule has 0 amide bonds. The van der Waals surface area contributed by atoms with Crippen LogP contribution in [-0.4, -0.2) is 145 Å². The molecule has 0 spiro atoms. The number of hydrogen-bond acceptors (Lipinski definition) is 15. The van der Waals surface area contributed by atoms with Gasteiger partial charge in [0.2, 0.25) is 0 Å². The van der Waals surface area contributed by atoms with Crippen molar-refractivity contribution in [1.29, 1.82) is 0 Å². The highest BCUT2D eigenvalue weighted by Gasteiger charge is 2.46. The van der Waals surface area contributed by atoms with Gasteiger partial charge in [-0.05, 0) is 62.5 Å². The summed E-state index contributed by atoms with van der Waals surface area (Å²) in [6.07, 6.45) is -6.74. The molecule has 0 aromatic rings. The number of carbonyl (C=O) groups excluding carboxylic acids is 2. The van der Waals surface area contributed by atoms with E-state index >= 15 is 0 Å². The molecular formula is C42H74O15. The van der Waals surface area contributed by atoms with Crippen LogP contribution in [0.5, 0.6) is 0 Å². The van der Waals surface area contributed by atoms with Gasteiger partial charge in [-0.3, -0.25) is 4.79 Å². The molecule has 0 saturated carbocycles. The molecule has 0 aromatic heterocycles. The molecule has 0 aliphatic carbocycles. The van der Waals surface area contributed by atoms with Gasteiger partial charge in [0.25, 0.3) is 0 Å². The Hall–Kier alpha value is -2.28. The first-order valence-electron chi connectivity index (χ1n) is 20.2. The van der Waals surface area contributed by atoms with Gasteiger partial charge < -0.3 is 64.9 Å². The van der Waals surface area contributed by atoms with E-state index in [0.29, 0.717) is 23.0 Å². The van der Waals surface area contributed by atoms with E-state index < -0.39 is 104 Å². The van der Waals surface area contributed by atoms with E-state index in [9.17, 15) is 50.4 Å². The normalized spacial score (nSPS) is 27.5. The molecule has 17 atom stereocenters. The zero-order valence-electron chi connectivity index (χ0n) is 35.8. The smallest absolute Gasteiger partial charge is 0.333 e. The number of esters is 2. The Kier molecular flexibility index (Phi) is 23.5. The second-order valence-electron chi connectivity index (χ2n) is 16.5. The van der Waals surface area contributed by atoms with E-state index in [0.717, 1.165) is 19.3 Å². The van der Waals surface area contributed by atoms with E-state index in [1.165, 1.54) is 19.9 Å². The third-order valence-electron chi connectivity index (χ3n) is 10.9. The van der Waals surface area contributed by atoms with Crippen LogP contribution in [0.2, 0.25) is 0 Å². The van der Waals surface area contributed by atoms with E-state index in [4.69, 9.17) is 24.1 Å². The van der Waals surface area contributed by atoms with Crippen molar-refractivity contribution >= 4 is 11.9 Å². The molecule has 57 heavy (non-hydrogen) atoms. The van der Waals surface area contributed by atoms with Crippen LogP contribution in [0.25, 0.3) is 0 Å². The predicted molar refractivity (Wildman–Crippen MR) is 212 cm³/mol. The van der Waals surface area contributed by atoms with Crippen molar-refractivity contribution in [2.24, 2.45) is 35.5 Å². The molecule has 15 nitrogen and oxygen atoms in total. The van der Waals surface area contributed by atoms with Crippen molar-refractivity contribution in [3.05, 3.63) is 34.9 Å². The summed E-state index contributed by atoms with van der Waals surface area (Å²) in [6, 6.07) is 0. The quantitative estimate of drug-likeness (QED) is 0.0383. The molecule has 1 aliphatic heterocycles. The maximum absolute atomic E-state index is 12.5. The maximum atomic E-state index is 12.5. The highest BCUT2D eigenvalue weighted by molar-refractivity contribution is 5.87. The third kappa shape index (κ3) is 17.1. The fraction of sp³-hybridized carbons (Fsp3) is 0.810. The Bertz CT molecular complexity index is 1300. The number of aliphatic hydroxyl groups excluding tert-OH is 9. The fourth-order valence-corrected chi connectivity index (χ4v) is 7.35. The number of rotatable bonds is 24. The summed E-state index contributed by atoms with van der Waals surface area (Å²) in [4.78, 5) is 23.9. The van der Waals surface area contributed by atoms with Crippen LogP contribution in [0.15, 0.2) is 34.9 Å². The van der Waals surface area contributed by atoms with Gasteiger partial charge >= 0.3 is 11.9 Å². The van der Waals surface area contributed by atoms with Gasteiger partial charge in [0.05, 0.1) is 24.9 Å². The average Bonchev–Trinajstić information content (AvgIpc) is 3.15. The lowest BCUT2D eigenvalue weighted by atomic mass is 9.82. The van der Waals surface area contributed by atoms with Gasteiger partial charge in [0.1, 0.15) is 55.9 Å². The first-order valence-corrected chi connectivity index (χ1v) is 20.2. The van der Waals surface area contributed by atoms with E-state index in [-0.39, 0.29) is 24.0 Å². The van der Waals surface area contributed by atoms with Crippen LogP contribution < -0.4 is 0 Å². The first kappa shape index (κ1) is 52.7. The van der Waals surface area contributed by atoms with Crippen LogP contribution in [0, 0.1) is 35.5 Å². The van der Waals surface area contributed by atoms with Crippen molar-refractivity contribution in [2.45, 2.75) is 163 Å². The first-order chi connectivity index (χ1) is 26.5. The van der Waals surface area contributed by atoms with Crippen LogP contribution in [0.3, 0.4) is 0 Å². The number of hydrogen-bond donors (Lipinski definition) is 9. The van der Waals surface area contributed by atoms with E-state index in [2.05, 4.69) is 20.8 Å². The molecule has 332 valence electrons. The summed E-state index contributed by atoms with van der Waals surface area (Å²) in [5, 5.41) is 92.7. The zero-order valence-corrected chi connectivity index (χ0v) is 35.8. The van der Waals surface area contributed by atoms with Crippen molar-refractivity contribution in [3.63, 3.8) is 0 Å². The van der Waals surface area contributed by atoms with Gasteiger partial charge in [-0.2, -0.15) is 0 Å². The molecule has 1 saturated heterocycles. The summed E-state index contributed by atoms with van der Waals surface area (Å²) < 4.78 is 22.4. The van der Waals surface area contributed by atoms with Crippen LogP contribution in [0.1, 0.15) is 95.4 Å². The summed E-state index contributed by atoms with van der Waals surface area (Å²) in [6.45, 7) is 18.4. The SMILES string of the molecule is CC[C@H](C)C[C@H](C)C[C@H](C)[C@H](O[C@@H]1O[C@H](COC(C)=O)[C@@H](O)[C@H](O)[C@@H]1O)[C@@H](C)/C=C(\C)[C@H](O)[C@@H](C)/C=C(\C)[C@H](O)[C@@H](C)/C=C(\C)C(=O)OC[C@@H](O)[C@H](O)[C@H](O)CO. The maximum Gasteiger partial charge on any atom is 0.333 e. The van der Waals surface area contributed by atoms with E-state index in [1.54, 1.807) is 33.8 Å². The molecule has 0 aromatic carbocycles. The molecule has 1 fully saturated rings. The van der Waals surface area contributed by atoms with Crippen molar-refractivity contribution < 1.29 is 74.5 Å². The molecule has 15 heteroatoms. The lowest BCUT2D eigenvalue weighted by Crippen LogP contribution is -2.60. The Labute approximate surface area is 339 Å². The lowest BCUT2D eigenvalue weighted by Gasteiger charge is -2.43. The molecular weight excluding hydrogens is 744 g/mol. The van der Waals surface area contributed by atoms with Gasteiger partial charge in [-0.25, -0.2) is 4.79 Å². The van der Waals surface area contributed by atoms with Crippen molar-refractivity contribution in [2.75, 3.05) is 19.8 Å². The molecule has 9 N–H and O–H groups in total. The number of aliphatic hydroxyl groups is 9. The molecule has 1 rings (SSSR count). The van der Waals surface area contributed by atoms with Gasteiger partial charge in [-0.15, -0.1) is 0 Å². The monoisotopic (exact) mass is 819 g/mol. The average molecular weight is 819 g/mol. The Morgan fingerprint density at radius 3 is 1.77 bits per heavy atom. The summed E-state index contributed by atoms with van der Waals surface area (Å²) in [7, 11) is 0. The van der Waals surface area contributed by atoms with Gasteiger partial charge in [0.15, 0.2) is 6.29 Å². The third-order valence-corrected chi connectivity index (χ3v) is 10.9. The van der Waals surface area contributed by atoms with Crippen molar-refractivity contribution in [3.8, 4) is 0 Å². The Morgan fingerprint density at radius 2 is 1.25 bits per heavy atom. The highest BCUT2D eigenvalue weighted by atomic mass is 16.7. The molecule has 0 bridgehead atoms. The largest absolute Gasteiger partial charge is 0.463 e. The lowest BCUT2D eigenvalue weighted by molar-refractivity contribution is -0.317. The molecule has 1 heterocycles. The van der Waals surface area contributed by atoms with Crippen LogP contribution >= 0.6 is 0 Å². The second kappa shape index (κ2) is 25.4. The Morgan fingerprint density at radius 1 is 0.702 bits per heavy atom. The second-order valence-corrected chi connectivity index (χ2v) is 16.5. The summed E-state index contributed by atoms with van der Waals surface area (Å²) in [5.74, 6) is -1.96. The Balaban J connectivity index is 3.20. The molecule has 0 unspecified atom stereocenters. The van der Waals surface area contributed by atoms with E-state index in [1.807, 2.05) is 19.9 Å².